The summed E-state index contributed by atoms with van der Waals surface area (Å²) < 4.78 is 12.6. The number of hydrogen-bond acceptors (Lipinski definition) is 6. The first-order valence-electron chi connectivity index (χ1n) is 10.9. The van der Waals surface area contributed by atoms with Gasteiger partial charge in [-0.2, -0.15) is 0 Å². The summed E-state index contributed by atoms with van der Waals surface area (Å²) in [6, 6.07) is 18.1. The van der Waals surface area contributed by atoms with E-state index in [0.717, 1.165) is 5.56 Å². The van der Waals surface area contributed by atoms with E-state index < -0.39 is 22.9 Å². The lowest BCUT2D eigenvalue weighted by Crippen LogP contribution is -2.50. The molecule has 34 heavy (non-hydrogen) atoms. The lowest BCUT2D eigenvalue weighted by Gasteiger charge is -2.35. The Morgan fingerprint density at radius 1 is 1.12 bits per heavy atom. The molecule has 8 heteroatoms. The molecule has 0 aliphatic carbocycles. The average molecular weight is 457 g/mol. The fourth-order valence-corrected chi connectivity index (χ4v) is 4.82. The number of esters is 1. The maximum absolute atomic E-state index is 14.1. The van der Waals surface area contributed by atoms with Crippen molar-refractivity contribution in [2.24, 2.45) is 5.73 Å². The third kappa shape index (κ3) is 2.95. The number of carbonyl (C=O) groups excluding carboxylic acids is 2. The molecule has 0 saturated carbocycles. The van der Waals surface area contributed by atoms with Gasteiger partial charge in [-0.25, -0.2) is 4.79 Å². The van der Waals surface area contributed by atoms with Gasteiger partial charge in [0.25, 0.3) is 5.56 Å². The van der Waals surface area contributed by atoms with Crippen molar-refractivity contribution in [3.05, 3.63) is 105 Å². The molecule has 3 N–H and O–H groups in total. The zero-order chi connectivity index (χ0) is 24.0. The van der Waals surface area contributed by atoms with Crippen molar-refractivity contribution in [2.45, 2.75) is 25.8 Å². The minimum atomic E-state index is -1.80. The number of ether oxygens (including phenoxy) is 2. The Balaban J connectivity index is 1.84. The number of amides is 1. The first-order chi connectivity index (χ1) is 16.4. The molecule has 1 spiro atoms. The van der Waals surface area contributed by atoms with Crippen LogP contribution in [0, 0.1) is 6.92 Å². The highest BCUT2D eigenvalue weighted by Gasteiger charge is 2.60. The molecule has 1 aromatic heterocycles. The van der Waals surface area contributed by atoms with Crippen LogP contribution in [0.4, 0.5) is 5.69 Å². The molecule has 0 fully saturated rings. The van der Waals surface area contributed by atoms with Crippen molar-refractivity contribution in [2.75, 3.05) is 11.9 Å². The summed E-state index contributed by atoms with van der Waals surface area (Å²) in [7, 11) is 0. The van der Waals surface area contributed by atoms with Gasteiger partial charge in [0.05, 0.1) is 18.7 Å². The average Bonchev–Trinajstić information content (AvgIpc) is 3.09. The molecule has 1 amide bonds. The Labute approximate surface area is 195 Å². The second-order valence-electron chi connectivity index (χ2n) is 8.21. The van der Waals surface area contributed by atoms with Gasteiger partial charge >= 0.3 is 5.97 Å². The van der Waals surface area contributed by atoms with Crippen LogP contribution in [0.3, 0.4) is 0 Å². The Morgan fingerprint density at radius 2 is 1.82 bits per heavy atom. The second-order valence-corrected chi connectivity index (χ2v) is 8.21. The molecule has 8 nitrogen and oxygen atoms in total. The summed E-state index contributed by atoms with van der Waals surface area (Å²) in [5.41, 5.74) is 6.30. The quantitative estimate of drug-likeness (QED) is 0.583. The molecule has 0 radical (unpaired) electrons. The maximum atomic E-state index is 14.1. The van der Waals surface area contributed by atoms with Crippen molar-refractivity contribution < 1.29 is 19.1 Å². The largest absolute Gasteiger partial charge is 0.462 e. The molecule has 2 aromatic carbocycles. The Bertz CT molecular complexity index is 1420. The number of pyridine rings is 1. The van der Waals surface area contributed by atoms with Crippen molar-refractivity contribution in [1.82, 2.24) is 4.57 Å². The summed E-state index contributed by atoms with van der Waals surface area (Å²) in [5, 5.41) is 2.82. The summed E-state index contributed by atoms with van der Waals surface area (Å²) in [5.74, 6) is -1.50. The number of aryl methyl sites for hydroxylation is 1. The molecule has 2 aliphatic heterocycles. The molecular formula is C26H23N3O5. The zero-order valence-electron chi connectivity index (χ0n) is 18.8. The van der Waals surface area contributed by atoms with Gasteiger partial charge in [0.15, 0.2) is 0 Å². The number of benzene rings is 2. The van der Waals surface area contributed by atoms with Crippen molar-refractivity contribution in [3.8, 4) is 5.75 Å². The smallest absolute Gasteiger partial charge is 0.341 e. The fourth-order valence-electron chi connectivity index (χ4n) is 4.82. The first-order valence-corrected chi connectivity index (χ1v) is 10.9. The number of rotatable bonds is 4. The Morgan fingerprint density at radius 3 is 2.56 bits per heavy atom. The van der Waals surface area contributed by atoms with Gasteiger partial charge in [0.2, 0.25) is 11.8 Å². The SMILES string of the molecule is CCOC(=O)C1=C(N)Oc2cc(C)n(Cc3ccccc3)c(=O)c2[C@]12C(=O)Nc1ccccc12. The maximum Gasteiger partial charge on any atom is 0.341 e. The summed E-state index contributed by atoms with van der Waals surface area (Å²) in [6.45, 7) is 3.78. The second kappa shape index (κ2) is 7.91. The van der Waals surface area contributed by atoms with Crippen LogP contribution in [0.25, 0.3) is 0 Å². The Hall–Kier alpha value is -4.33. The minimum Gasteiger partial charge on any atom is -0.462 e. The number of anilines is 1. The zero-order valence-corrected chi connectivity index (χ0v) is 18.8. The van der Waals surface area contributed by atoms with Crippen molar-refractivity contribution in [1.29, 1.82) is 0 Å². The van der Waals surface area contributed by atoms with Crippen LogP contribution in [-0.2, 0) is 26.3 Å². The topological polar surface area (TPSA) is 113 Å². The summed E-state index contributed by atoms with van der Waals surface area (Å²) >= 11 is 0. The molecule has 3 heterocycles. The molecular weight excluding hydrogens is 434 g/mol. The number of nitrogens with one attached hydrogen (secondary N) is 1. The van der Waals surface area contributed by atoms with E-state index in [1.807, 2.05) is 30.3 Å². The van der Waals surface area contributed by atoms with Gasteiger partial charge in [0.1, 0.15) is 16.7 Å². The number of aromatic nitrogens is 1. The molecule has 0 unspecified atom stereocenters. The number of fused-ring (bicyclic) bond motifs is 4. The Kier molecular flexibility index (Phi) is 5.01. The molecule has 0 saturated heterocycles. The highest BCUT2D eigenvalue weighted by Crippen LogP contribution is 2.52. The number of hydrogen-bond donors (Lipinski definition) is 2. The standard InChI is InChI=1S/C26H23N3O5/c1-3-33-24(31)21-22(27)34-19-13-15(2)29(14-16-9-5-4-6-10-16)23(30)20(19)26(21)17-11-7-8-12-18(17)28-25(26)32/h4-13H,3,14,27H2,1-2H3,(H,28,32)/t26-/m0/s1. The van der Waals surface area contributed by atoms with Gasteiger partial charge in [0, 0.05) is 23.0 Å². The van der Waals surface area contributed by atoms with Gasteiger partial charge in [-0.05, 0) is 25.5 Å². The highest BCUT2D eigenvalue weighted by atomic mass is 16.5. The van der Waals surface area contributed by atoms with Gasteiger partial charge in [-0.1, -0.05) is 48.5 Å². The van der Waals surface area contributed by atoms with E-state index in [1.165, 1.54) is 0 Å². The summed E-state index contributed by atoms with van der Waals surface area (Å²) in [6.07, 6.45) is 0. The number of carbonyl (C=O) groups is 2. The highest BCUT2D eigenvalue weighted by molar-refractivity contribution is 6.17. The van der Waals surface area contributed by atoms with Gasteiger partial charge in [-0.15, -0.1) is 0 Å². The van der Waals surface area contributed by atoms with Crippen LogP contribution in [0.15, 0.2) is 76.9 Å². The van der Waals surface area contributed by atoms with Crippen molar-refractivity contribution in [3.63, 3.8) is 0 Å². The van der Waals surface area contributed by atoms with E-state index in [2.05, 4.69) is 5.32 Å². The van der Waals surface area contributed by atoms with E-state index in [-0.39, 0.29) is 35.9 Å². The van der Waals surface area contributed by atoms with Crippen LogP contribution in [0.1, 0.15) is 29.3 Å². The van der Waals surface area contributed by atoms with E-state index in [0.29, 0.717) is 16.9 Å². The number of nitrogens with zero attached hydrogens (tertiary/aromatic N) is 1. The predicted molar refractivity (Wildman–Crippen MR) is 125 cm³/mol. The van der Waals surface area contributed by atoms with Crippen LogP contribution in [0.2, 0.25) is 0 Å². The normalized spacial score (nSPS) is 18.2. The van der Waals surface area contributed by atoms with E-state index in [9.17, 15) is 14.4 Å². The third-order valence-corrected chi connectivity index (χ3v) is 6.27. The predicted octanol–water partition coefficient (Wildman–Crippen LogP) is 2.57. The molecule has 0 bridgehead atoms. The van der Waals surface area contributed by atoms with Crippen molar-refractivity contribution >= 4 is 17.6 Å². The number of para-hydroxylation sites is 1. The van der Waals surface area contributed by atoms with E-state index in [4.69, 9.17) is 15.2 Å². The third-order valence-electron chi connectivity index (χ3n) is 6.27. The van der Waals surface area contributed by atoms with Crippen LogP contribution in [0.5, 0.6) is 5.75 Å². The monoisotopic (exact) mass is 457 g/mol. The molecule has 5 rings (SSSR count). The van der Waals surface area contributed by atoms with Crippen LogP contribution in [-0.4, -0.2) is 23.1 Å². The molecule has 2 aliphatic rings. The summed E-state index contributed by atoms with van der Waals surface area (Å²) in [4.78, 5) is 41.0. The fraction of sp³-hybridized carbons (Fsp3) is 0.192. The minimum absolute atomic E-state index is 0.0359. The lowest BCUT2D eigenvalue weighted by atomic mass is 9.68. The van der Waals surface area contributed by atoms with E-state index in [1.54, 1.807) is 48.7 Å². The molecule has 172 valence electrons. The van der Waals surface area contributed by atoms with Gasteiger partial charge < -0.3 is 25.1 Å². The first kappa shape index (κ1) is 21.5. The molecule has 1 atom stereocenters. The lowest BCUT2D eigenvalue weighted by molar-refractivity contribution is -0.140. The van der Waals surface area contributed by atoms with E-state index >= 15 is 0 Å². The number of nitrogens with two attached hydrogens (primary N) is 1. The van der Waals surface area contributed by atoms with Crippen LogP contribution >= 0.6 is 0 Å². The van der Waals surface area contributed by atoms with Crippen LogP contribution < -0.4 is 21.3 Å². The molecule has 3 aromatic rings. The van der Waals surface area contributed by atoms with Gasteiger partial charge in [-0.3, -0.25) is 9.59 Å².